The quantitative estimate of drug-likeness (QED) is 0.873. The number of aliphatic hydroxyl groups is 1. The molecule has 1 unspecified atom stereocenters. The van der Waals surface area contributed by atoms with Gasteiger partial charge in [-0.15, -0.1) is 0 Å². The van der Waals surface area contributed by atoms with Crippen molar-refractivity contribution in [3.63, 3.8) is 0 Å². The Bertz CT molecular complexity index is 458. The molecule has 0 aliphatic carbocycles. The molecule has 1 heterocycles. The molecule has 1 saturated heterocycles. The van der Waals surface area contributed by atoms with Gasteiger partial charge in [0.25, 0.3) is 0 Å². The van der Waals surface area contributed by atoms with Gasteiger partial charge >= 0.3 is 0 Å². The molecule has 4 nitrogen and oxygen atoms in total. The van der Waals surface area contributed by atoms with Crippen LogP contribution < -0.4 is 0 Å². The van der Waals surface area contributed by atoms with Crippen LogP contribution in [-0.4, -0.2) is 65.4 Å². The molecule has 1 aromatic rings. The van der Waals surface area contributed by atoms with Crippen molar-refractivity contribution in [1.82, 2.24) is 9.80 Å². The third-order valence-corrected chi connectivity index (χ3v) is 4.25. The van der Waals surface area contributed by atoms with E-state index in [4.69, 9.17) is 4.74 Å². The molecule has 0 aromatic heterocycles. The van der Waals surface area contributed by atoms with E-state index in [1.54, 1.807) is 0 Å². The van der Waals surface area contributed by atoms with Gasteiger partial charge in [-0.05, 0) is 33.3 Å². The molecule has 2 atom stereocenters. The number of nitrogens with zero attached hydrogens (tertiary/aromatic N) is 2. The maximum Gasteiger partial charge on any atom is 0.0900 e. The fourth-order valence-corrected chi connectivity index (χ4v) is 3.00. The lowest BCUT2D eigenvalue weighted by atomic mass is 10.1. The molecular weight excluding hydrogens is 288 g/mol. The van der Waals surface area contributed by atoms with Crippen LogP contribution >= 0.6 is 0 Å². The Hall–Kier alpha value is -0.940. The topological polar surface area (TPSA) is 35.9 Å². The van der Waals surface area contributed by atoms with E-state index in [1.165, 1.54) is 5.56 Å². The van der Waals surface area contributed by atoms with Crippen LogP contribution in [-0.2, 0) is 11.3 Å². The zero-order valence-electron chi connectivity index (χ0n) is 15.0. The number of hydrogen-bond acceptors (Lipinski definition) is 4. The summed E-state index contributed by atoms with van der Waals surface area (Å²) in [6.45, 7) is 13.5. The zero-order valence-corrected chi connectivity index (χ0v) is 15.0. The number of benzene rings is 1. The number of aliphatic hydroxyl groups excluding tert-OH is 1. The van der Waals surface area contributed by atoms with Crippen LogP contribution in [0.5, 0.6) is 0 Å². The first-order valence-corrected chi connectivity index (χ1v) is 8.66. The molecule has 2 rings (SSSR count). The predicted molar refractivity (Wildman–Crippen MR) is 94.5 cm³/mol. The SMILES string of the molecule is C[C@@H]1CN(Cc2ccccc2)CCN1CC(O)COC(C)(C)C. The highest BCUT2D eigenvalue weighted by molar-refractivity contribution is 5.14. The summed E-state index contributed by atoms with van der Waals surface area (Å²) < 4.78 is 5.68. The van der Waals surface area contributed by atoms with Crippen molar-refractivity contribution in [1.29, 1.82) is 0 Å². The molecule has 0 saturated carbocycles. The smallest absolute Gasteiger partial charge is 0.0900 e. The van der Waals surface area contributed by atoms with Crippen LogP contribution in [0.25, 0.3) is 0 Å². The Balaban J connectivity index is 1.75. The first-order chi connectivity index (χ1) is 10.8. The molecule has 1 fully saturated rings. The van der Waals surface area contributed by atoms with E-state index >= 15 is 0 Å². The Labute approximate surface area is 141 Å². The summed E-state index contributed by atoms with van der Waals surface area (Å²) in [4.78, 5) is 4.87. The van der Waals surface area contributed by atoms with Crippen molar-refractivity contribution in [2.75, 3.05) is 32.8 Å². The van der Waals surface area contributed by atoms with Gasteiger partial charge in [0.1, 0.15) is 0 Å². The van der Waals surface area contributed by atoms with Crippen LogP contribution in [0, 0.1) is 0 Å². The average molecular weight is 320 g/mol. The number of hydrogen-bond donors (Lipinski definition) is 1. The minimum absolute atomic E-state index is 0.193. The molecule has 1 aromatic carbocycles. The third kappa shape index (κ3) is 6.60. The van der Waals surface area contributed by atoms with Crippen molar-refractivity contribution in [2.24, 2.45) is 0 Å². The Morgan fingerprint density at radius 1 is 1.22 bits per heavy atom. The van der Waals surface area contributed by atoms with Crippen LogP contribution in [0.15, 0.2) is 30.3 Å². The maximum atomic E-state index is 10.2. The van der Waals surface area contributed by atoms with Crippen molar-refractivity contribution in [2.45, 2.75) is 52.0 Å². The summed E-state index contributed by atoms with van der Waals surface area (Å²) >= 11 is 0. The van der Waals surface area contributed by atoms with Crippen molar-refractivity contribution in [3.8, 4) is 0 Å². The third-order valence-electron chi connectivity index (χ3n) is 4.25. The highest BCUT2D eigenvalue weighted by Gasteiger charge is 2.25. The normalized spacial score (nSPS) is 22.2. The lowest BCUT2D eigenvalue weighted by molar-refractivity contribution is -0.0630. The van der Waals surface area contributed by atoms with Crippen molar-refractivity contribution >= 4 is 0 Å². The molecule has 23 heavy (non-hydrogen) atoms. The van der Waals surface area contributed by atoms with E-state index in [1.807, 2.05) is 20.8 Å². The Morgan fingerprint density at radius 2 is 1.91 bits per heavy atom. The molecule has 0 radical (unpaired) electrons. The molecule has 1 aliphatic rings. The van der Waals surface area contributed by atoms with Gasteiger partial charge in [0.05, 0.1) is 18.3 Å². The Kier molecular flexibility index (Phi) is 6.60. The van der Waals surface area contributed by atoms with Gasteiger partial charge in [0.15, 0.2) is 0 Å². The number of piperazine rings is 1. The summed E-state index contributed by atoms with van der Waals surface area (Å²) in [5.74, 6) is 0. The lowest BCUT2D eigenvalue weighted by Crippen LogP contribution is -2.53. The second kappa shape index (κ2) is 8.25. The van der Waals surface area contributed by atoms with E-state index in [0.29, 0.717) is 19.2 Å². The van der Waals surface area contributed by atoms with Gasteiger partial charge in [-0.25, -0.2) is 0 Å². The second-order valence-corrected chi connectivity index (χ2v) is 7.64. The number of β-amino-alcohol motifs (C(OH)–C–C–N with tert-alkyl or cyclic N) is 1. The Morgan fingerprint density at radius 3 is 2.52 bits per heavy atom. The highest BCUT2D eigenvalue weighted by atomic mass is 16.5. The standard InChI is InChI=1S/C19H32N2O2/c1-16-12-20(13-17-8-6-5-7-9-17)10-11-21(16)14-18(22)15-23-19(2,3)4/h5-9,16,18,22H,10-15H2,1-4H3/t16-,18?/m1/s1. The van der Waals surface area contributed by atoms with E-state index in [0.717, 1.165) is 26.2 Å². The van der Waals surface area contributed by atoms with Crippen molar-refractivity contribution in [3.05, 3.63) is 35.9 Å². The van der Waals surface area contributed by atoms with E-state index in [-0.39, 0.29) is 5.60 Å². The lowest BCUT2D eigenvalue weighted by Gasteiger charge is -2.40. The average Bonchev–Trinajstić information content (AvgIpc) is 2.48. The first kappa shape index (κ1) is 18.4. The molecule has 0 bridgehead atoms. The van der Waals surface area contributed by atoms with E-state index < -0.39 is 6.10 Å². The highest BCUT2D eigenvalue weighted by Crippen LogP contribution is 2.14. The summed E-state index contributed by atoms with van der Waals surface area (Å²) in [6, 6.07) is 11.1. The fourth-order valence-electron chi connectivity index (χ4n) is 3.00. The zero-order chi connectivity index (χ0) is 16.9. The molecule has 1 N–H and O–H groups in total. The van der Waals surface area contributed by atoms with Crippen LogP contribution in [0.1, 0.15) is 33.3 Å². The minimum Gasteiger partial charge on any atom is -0.389 e. The van der Waals surface area contributed by atoms with Gasteiger partial charge in [-0.1, -0.05) is 30.3 Å². The second-order valence-electron chi connectivity index (χ2n) is 7.64. The molecule has 130 valence electrons. The van der Waals surface area contributed by atoms with E-state index in [9.17, 15) is 5.11 Å². The summed E-state index contributed by atoms with van der Waals surface area (Å²) in [5.41, 5.74) is 1.17. The van der Waals surface area contributed by atoms with Crippen LogP contribution in [0.3, 0.4) is 0 Å². The molecule has 0 amide bonds. The van der Waals surface area contributed by atoms with Crippen LogP contribution in [0.2, 0.25) is 0 Å². The molecule has 4 heteroatoms. The predicted octanol–water partition coefficient (Wildman–Crippen LogP) is 2.37. The maximum absolute atomic E-state index is 10.2. The molecule has 1 aliphatic heterocycles. The summed E-state index contributed by atoms with van der Waals surface area (Å²) in [6.07, 6.45) is -0.419. The van der Waals surface area contributed by atoms with Gasteiger partial charge < -0.3 is 9.84 Å². The number of rotatable bonds is 6. The first-order valence-electron chi connectivity index (χ1n) is 8.66. The largest absolute Gasteiger partial charge is 0.389 e. The summed E-state index contributed by atoms with van der Waals surface area (Å²) in [5, 5.41) is 10.2. The van der Waals surface area contributed by atoms with Gasteiger partial charge in [0, 0.05) is 38.8 Å². The summed E-state index contributed by atoms with van der Waals surface area (Å²) in [7, 11) is 0. The van der Waals surface area contributed by atoms with Gasteiger partial charge in [-0.2, -0.15) is 0 Å². The van der Waals surface area contributed by atoms with Gasteiger partial charge in [-0.3, -0.25) is 9.80 Å². The van der Waals surface area contributed by atoms with Crippen molar-refractivity contribution < 1.29 is 9.84 Å². The number of ether oxygens (including phenoxy) is 1. The molecular formula is C19H32N2O2. The minimum atomic E-state index is -0.419. The van der Waals surface area contributed by atoms with E-state index in [2.05, 4.69) is 47.1 Å². The van der Waals surface area contributed by atoms with Crippen LogP contribution in [0.4, 0.5) is 0 Å². The molecule has 0 spiro atoms. The monoisotopic (exact) mass is 320 g/mol. The fraction of sp³-hybridized carbons (Fsp3) is 0.684. The van der Waals surface area contributed by atoms with Gasteiger partial charge in [0.2, 0.25) is 0 Å².